The van der Waals surface area contributed by atoms with Gasteiger partial charge in [-0.05, 0) is 68.0 Å². The van der Waals surface area contributed by atoms with Crippen molar-refractivity contribution < 1.29 is 14.4 Å². The Bertz CT molecular complexity index is 1610. The molecule has 1 heterocycles. The van der Waals surface area contributed by atoms with Gasteiger partial charge in [-0.15, -0.1) is 0 Å². The van der Waals surface area contributed by atoms with Crippen LogP contribution in [0.3, 0.4) is 0 Å². The van der Waals surface area contributed by atoms with Gasteiger partial charge in [-0.2, -0.15) is 0 Å². The van der Waals surface area contributed by atoms with Crippen LogP contribution in [0, 0.1) is 0 Å². The Kier molecular flexibility index (Phi) is 8.78. The van der Waals surface area contributed by atoms with Gasteiger partial charge in [-0.1, -0.05) is 82.7 Å². The molecule has 7 heteroatoms. The normalized spacial score (nSPS) is 13.3. The largest absolute Gasteiger partial charge is 0.350 e. The van der Waals surface area contributed by atoms with E-state index in [4.69, 9.17) is 0 Å². The van der Waals surface area contributed by atoms with Crippen molar-refractivity contribution in [1.82, 2.24) is 10.2 Å². The molecule has 5 rings (SSSR count). The molecule has 0 spiro atoms. The quantitative estimate of drug-likeness (QED) is 0.208. The van der Waals surface area contributed by atoms with Crippen molar-refractivity contribution in [3.05, 3.63) is 112 Å². The first-order valence-corrected chi connectivity index (χ1v) is 15.1. The zero-order valence-electron chi connectivity index (χ0n) is 24.3. The Labute approximate surface area is 255 Å². The highest BCUT2D eigenvalue weighted by Crippen LogP contribution is 2.37. The maximum atomic E-state index is 14.0. The summed E-state index contributed by atoms with van der Waals surface area (Å²) in [6, 6.07) is 28.6. The topological polar surface area (TPSA) is 69.7 Å². The molecule has 0 fully saturated rings. The van der Waals surface area contributed by atoms with Crippen molar-refractivity contribution in [3.8, 4) is 0 Å². The molecule has 0 saturated heterocycles. The summed E-state index contributed by atoms with van der Waals surface area (Å²) in [4.78, 5) is 44.5. The average Bonchev–Trinajstić information content (AvgIpc) is 3.22. The predicted molar refractivity (Wildman–Crippen MR) is 171 cm³/mol. The molecule has 6 nitrogen and oxygen atoms in total. The third-order valence-corrected chi connectivity index (χ3v) is 7.93. The van der Waals surface area contributed by atoms with Crippen LogP contribution in [0.15, 0.2) is 95.5 Å². The second-order valence-electron chi connectivity index (χ2n) is 11.8. The van der Waals surface area contributed by atoms with Gasteiger partial charge in [-0.25, -0.2) is 0 Å². The summed E-state index contributed by atoms with van der Waals surface area (Å²) < 4.78 is 0.910. The number of nitrogens with one attached hydrogen (secondary N) is 1. The van der Waals surface area contributed by atoms with Crippen molar-refractivity contribution in [2.45, 2.75) is 58.2 Å². The fourth-order valence-corrected chi connectivity index (χ4v) is 6.02. The number of carbonyl (C=O) groups excluding carboxylic acids is 3. The molecular formula is C35H36BrN3O3. The molecule has 4 aromatic rings. The Morgan fingerprint density at radius 1 is 0.905 bits per heavy atom. The average molecular weight is 627 g/mol. The molecule has 3 amide bonds. The fourth-order valence-electron chi connectivity index (χ4n) is 5.57. The summed E-state index contributed by atoms with van der Waals surface area (Å²) >= 11 is 3.54. The summed E-state index contributed by atoms with van der Waals surface area (Å²) in [5, 5.41) is 5.11. The fraction of sp³-hybridized carbons (Fsp3) is 0.286. The van der Waals surface area contributed by atoms with Crippen LogP contribution in [0.1, 0.15) is 55.1 Å². The van der Waals surface area contributed by atoms with Gasteiger partial charge in [0.15, 0.2) is 0 Å². The van der Waals surface area contributed by atoms with Crippen molar-refractivity contribution in [2.24, 2.45) is 0 Å². The van der Waals surface area contributed by atoms with Crippen LogP contribution >= 0.6 is 15.9 Å². The molecule has 216 valence electrons. The zero-order chi connectivity index (χ0) is 29.9. The summed E-state index contributed by atoms with van der Waals surface area (Å²) in [6.45, 7) is 6.53. The molecule has 0 saturated carbocycles. The molecule has 1 N–H and O–H groups in total. The Hall–Kier alpha value is -3.97. The van der Waals surface area contributed by atoms with Gasteiger partial charge in [0, 0.05) is 46.9 Å². The number of carbonyl (C=O) groups is 3. The van der Waals surface area contributed by atoms with Gasteiger partial charge in [-0.3, -0.25) is 14.4 Å². The van der Waals surface area contributed by atoms with E-state index in [0.29, 0.717) is 31.5 Å². The number of nitrogens with zero attached hydrogens (tertiary/aromatic N) is 2. The highest BCUT2D eigenvalue weighted by molar-refractivity contribution is 9.10. The lowest BCUT2D eigenvalue weighted by Gasteiger charge is -2.34. The maximum Gasteiger partial charge on any atom is 0.258 e. The van der Waals surface area contributed by atoms with Crippen LogP contribution < -0.4 is 10.2 Å². The number of hydrogen-bond donors (Lipinski definition) is 1. The van der Waals surface area contributed by atoms with Crippen molar-refractivity contribution in [3.63, 3.8) is 0 Å². The number of anilines is 1. The summed E-state index contributed by atoms with van der Waals surface area (Å²) in [7, 11) is 0. The number of rotatable bonds is 10. The third kappa shape index (κ3) is 6.73. The number of halogens is 1. The Morgan fingerprint density at radius 3 is 2.31 bits per heavy atom. The first-order valence-electron chi connectivity index (χ1n) is 14.3. The molecular weight excluding hydrogens is 590 g/mol. The van der Waals surface area contributed by atoms with E-state index in [1.807, 2.05) is 112 Å². The van der Waals surface area contributed by atoms with E-state index in [2.05, 4.69) is 21.2 Å². The molecule has 42 heavy (non-hydrogen) atoms. The van der Waals surface area contributed by atoms with Gasteiger partial charge >= 0.3 is 0 Å². The second kappa shape index (κ2) is 12.5. The highest BCUT2D eigenvalue weighted by Gasteiger charge is 2.33. The predicted octanol–water partition coefficient (Wildman–Crippen LogP) is 6.90. The smallest absolute Gasteiger partial charge is 0.258 e. The van der Waals surface area contributed by atoms with E-state index in [1.165, 1.54) is 0 Å². The molecule has 0 unspecified atom stereocenters. The Morgan fingerprint density at radius 2 is 1.60 bits per heavy atom. The number of amides is 3. The lowest BCUT2D eigenvalue weighted by molar-refractivity contribution is -0.142. The number of hydrogen-bond acceptors (Lipinski definition) is 3. The van der Waals surface area contributed by atoms with Crippen LogP contribution in [-0.4, -0.2) is 40.7 Å². The van der Waals surface area contributed by atoms with Crippen molar-refractivity contribution in [2.75, 3.05) is 11.4 Å². The van der Waals surface area contributed by atoms with E-state index >= 15 is 0 Å². The molecule has 0 bridgehead atoms. The van der Waals surface area contributed by atoms with Crippen molar-refractivity contribution >= 4 is 50.1 Å². The van der Waals surface area contributed by atoms with Crippen LogP contribution in [0.5, 0.6) is 0 Å². The van der Waals surface area contributed by atoms with Gasteiger partial charge in [0.05, 0.1) is 5.69 Å². The monoisotopic (exact) mass is 625 g/mol. The van der Waals surface area contributed by atoms with Crippen LogP contribution in [0.2, 0.25) is 0 Å². The molecule has 0 radical (unpaired) electrons. The van der Waals surface area contributed by atoms with Crippen LogP contribution in [0.25, 0.3) is 10.8 Å². The summed E-state index contributed by atoms with van der Waals surface area (Å²) in [5.74, 6) is -0.347. The van der Waals surface area contributed by atoms with Gasteiger partial charge < -0.3 is 15.1 Å². The van der Waals surface area contributed by atoms with E-state index in [9.17, 15) is 14.4 Å². The number of benzene rings is 4. The SMILES string of the molecule is CC(C)(C)NC(=O)[C@@H](Cc1ccccc1)N(Cc1cccc(Br)c1)C(=O)CCCN1C(=O)c2cccc3cccc1c23. The van der Waals surface area contributed by atoms with Gasteiger partial charge in [0.2, 0.25) is 11.8 Å². The van der Waals surface area contributed by atoms with E-state index < -0.39 is 11.6 Å². The van der Waals surface area contributed by atoms with E-state index in [0.717, 1.165) is 32.1 Å². The lowest BCUT2D eigenvalue weighted by atomic mass is 10.00. The minimum Gasteiger partial charge on any atom is -0.350 e. The summed E-state index contributed by atoms with van der Waals surface area (Å²) in [5.41, 5.74) is 3.04. The van der Waals surface area contributed by atoms with E-state index in [-0.39, 0.29) is 24.1 Å². The summed E-state index contributed by atoms with van der Waals surface area (Å²) in [6.07, 6.45) is 1.07. The van der Waals surface area contributed by atoms with Crippen LogP contribution in [0.4, 0.5) is 5.69 Å². The molecule has 1 atom stereocenters. The molecule has 4 aromatic carbocycles. The first-order chi connectivity index (χ1) is 20.1. The lowest BCUT2D eigenvalue weighted by Crippen LogP contribution is -2.54. The van der Waals surface area contributed by atoms with Crippen LogP contribution in [-0.2, 0) is 22.6 Å². The Balaban J connectivity index is 1.39. The van der Waals surface area contributed by atoms with Gasteiger partial charge in [0.25, 0.3) is 5.91 Å². The zero-order valence-corrected chi connectivity index (χ0v) is 25.9. The van der Waals surface area contributed by atoms with Crippen molar-refractivity contribution in [1.29, 1.82) is 0 Å². The molecule has 1 aliphatic rings. The minimum atomic E-state index is -0.704. The third-order valence-electron chi connectivity index (χ3n) is 7.43. The first kappa shape index (κ1) is 29.5. The molecule has 0 aromatic heterocycles. The minimum absolute atomic E-state index is 0.0354. The standard InChI is InChI=1S/C35H36BrN3O3/c1-35(2,3)37-33(41)30(22-24-11-5-4-6-12-24)39(23-25-13-7-16-27(36)21-25)31(40)19-10-20-38-29-18-9-15-26-14-8-17-28(32(26)29)34(38)42/h4-9,11-18,21,30H,10,19-20,22-23H2,1-3H3,(H,37,41)/t30-/m1/s1. The van der Waals surface area contributed by atoms with Gasteiger partial charge in [0.1, 0.15) is 6.04 Å². The highest BCUT2D eigenvalue weighted by atomic mass is 79.9. The molecule has 0 aliphatic carbocycles. The second-order valence-corrected chi connectivity index (χ2v) is 12.8. The maximum absolute atomic E-state index is 14.0. The molecule has 1 aliphatic heterocycles. The van der Waals surface area contributed by atoms with E-state index in [1.54, 1.807) is 9.80 Å².